The van der Waals surface area contributed by atoms with Crippen molar-refractivity contribution in [2.24, 2.45) is 0 Å². The smallest absolute Gasteiger partial charge is 0.296 e. The summed E-state index contributed by atoms with van der Waals surface area (Å²) in [4.78, 5) is 23.3. The van der Waals surface area contributed by atoms with E-state index in [4.69, 9.17) is 4.74 Å². The number of fused-ring (bicyclic) bond motifs is 1. The van der Waals surface area contributed by atoms with Crippen molar-refractivity contribution in [1.29, 1.82) is 0 Å². The van der Waals surface area contributed by atoms with Crippen LogP contribution in [0.15, 0.2) is 47.4 Å². The molecule has 0 bridgehead atoms. The number of anilines is 1. The standard InChI is InChI=1S/C19H17FN2O5S/c20-12-3-1-5-14(9-12)27-11-13-4-2-8-22(13)28(25,26)15-6-7-17-16(10-15)18(23)19(24)21-17/h1,3,5-7,9-10,13H,2,4,8,11H2,(H,21,23,24). The molecule has 2 aliphatic heterocycles. The minimum absolute atomic E-state index is 0.0474. The quantitative estimate of drug-likeness (QED) is 0.772. The molecule has 0 saturated carbocycles. The van der Waals surface area contributed by atoms with Gasteiger partial charge in [0.25, 0.3) is 11.7 Å². The summed E-state index contributed by atoms with van der Waals surface area (Å²) < 4.78 is 46.4. The van der Waals surface area contributed by atoms with Crippen LogP contribution >= 0.6 is 0 Å². The van der Waals surface area contributed by atoms with Gasteiger partial charge in [0.05, 0.1) is 22.2 Å². The minimum Gasteiger partial charge on any atom is -0.492 e. The summed E-state index contributed by atoms with van der Waals surface area (Å²) in [6, 6.07) is 9.27. The number of hydrogen-bond acceptors (Lipinski definition) is 5. The molecule has 2 heterocycles. The number of amides is 1. The van der Waals surface area contributed by atoms with Crippen LogP contribution in [0, 0.1) is 5.82 Å². The molecule has 7 nitrogen and oxygen atoms in total. The number of carbonyl (C=O) groups is 2. The highest BCUT2D eigenvalue weighted by Gasteiger charge is 2.37. The van der Waals surface area contributed by atoms with Gasteiger partial charge in [0.15, 0.2) is 0 Å². The summed E-state index contributed by atoms with van der Waals surface area (Å²) in [7, 11) is -3.87. The molecular formula is C19H17FN2O5S. The van der Waals surface area contributed by atoms with Crippen LogP contribution in [0.25, 0.3) is 0 Å². The Kier molecular flexibility index (Phi) is 4.64. The van der Waals surface area contributed by atoms with Crippen LogP contribution in [0.3, 0.4) is 0 Å². The van der Waals surface area contributed by atoms with Gasteiger partial charge in [-0.05, 0) is 43.2 Å². The van der Waals surface area contributed by atoms with Crippen LogP contribution in [0.5, 0.6) is 5.75 Å². The van der Waals surface area contributed by atoms with Crippen LogP contribution in [-0.4, -0.2) is 43.6 Å². The molecule has 9 heteroatoms. The second-order valence-corrected chi connectivity index (χ2v) is 8.56. The largest absolute Gasteiger partial charge is 0.492 e. The van der Waals surface area contributed by atoms with Crippen molar-refractivity contribution in [1.82, 2.24) is 4.31 Å². The number of carbonyl (C=O) groups excluding carboxylic acids is 2. The molecule has 2 aromatic carbocycles. The fourth-order valence-electron chi connectivity index (χ4n) is 3.46. The number of benzene rings is 2. The van der Waals surface area contributed by atoms with Crippen molar-refractivity contribution in [2.75, 3.05) is 18.5 Å². The Morgan fingerprint density at radius 1 is 1.18 bits per heavy atom. The Morgan fingerprint density at radius 3 is 2.79 bits per heavy atom. The van der Waals surface area contributed by atoms with E-state index >= 15 is 0 Å². The van der Waals surface area contributed by atoms with Crippen LogP contribution in [-0.2, 0) is 14.8 Å². The minimum atomic E-state index is -3.87. The Bertz CT molecular complexity index is 1070. The Labute approximate surface area is 161 Å². The van der Waals surface area contributed by atoms with E-state index < -0.39 is 33.6 Å². The normalized spacial score (nSPS) is 19.5. The molecule has 2 aromatic rings. The maximum absolute atomic E-state index is 13.3. The Hall–Kier alpha value is -2.78. The van der Waals surface area contributed by atoms with Crippen molar-refractivity contribution in [3.05, 3.63) is 53.8 Å². The van der Waals surface area contributed by atoms with Gasteiger partial charge in [-0.2, -0.15) is 4.31 Å². The third kappa shape index (κ3) is 3.27. The van der Waals surface area contributed by atoms with E-state index in [2.05, 4.69) is 5.32 Å². The van der Waals surface area contributed by atoms with E-state index in [9.17, 15) is 22.4 Å². The summed E-state index contributed by atoms with van der Waals surface area (Å²) in [5.41, 5.74) is 0.360. The zero-order chi connectivity index (χ0) is 19.9. The Balaban J connectivity index is 1.55. The van der Waals surface area contributed by atoms with Crippen LogP contribution < -0.4 is 10.1 Å². The molecule has 1 N–H and O–H groups in total. The molecule has 146 valence electrons. The predicted octanol–water partition coefficient (Wildman–Crippen LogP) is 2.19. The van der Waals surface area contributed by atoms with Crippen LogP contribution in [0.1, 0.15) is 23.2 Å². The molecule has 28 heavy (non-hydrogen) atoms. The summed E-state index contributed by atoms with van der Waals surface area (Å²) >= 11 is 0. The number of sulfonamides is 1. The molecule has 4 rings (SSSR count). The van der Waals surface area contributed by atoms with Crippen molar-refractivity contribution in [2.45, 2.75) is 23.8 Å². The molecule has 0 spiro atoms. The average Bonchev–Trinajstić information content (AvgIpc) is 3.25. The second-order valence-electron chi connectivity index (χ2n) is 6.67. The van der Waals surface area contributed by atoms with E-state index in [1.165, 1.54) is 40.7 Å². The van der Waals surface area contributed by atoms with Crippen molar-refractivity contribution in [3.8, 4) is 5.75 Å². The fraction of sp³-hybridized carbons (Fsp3) is 0.263. The molecule has 1 amide bonds. The number of ether oxygens (including phenoxy) is 1. The highest BCUT2D eigenvalue weighted by Crippen LogP contribution is 2.31. The number of rotatable bonds is 5. The number of halogens is 1. The first-order valence-corrected chi connectivity index (χ1v) is 10.2. The van der Waals surface area contributed by atoms with E-state index in [0.29, 0.717) is 30.8 Å². The van der Waals surface area contributed by atoms with Gasteiger partial charge in [0, 0.05) is 12.6 Å². The lowest BCUT2D eigenvalue weighted by Gasteiger charge is -2.24. The van der Waals surface area contributed by atoms with Crippen molar-refractivity contribution in [3.63, 3.8) is 0 Å². The topological polar surface area (TPSA) is 92.8 Å². The summed E-state index contributed by atoms with van der Waals surface area (Å²) in [6.07, 6.45) is 1.28. The van der Waals surface area contributed by atoms with Gasteiger partial charge in [-0.15, -0.1) is 0 Å². The van der Waals surface area contributed by atoms with Crippen LogP contribution in [0.4, 0.5) is 10.1 Å². The number of nitrogens with zero attached hydrogens (tertiary/aromatic N) is 1. The monoisotopic (exact) mass is 404 g/mol. The summed E-state index contributed by atoms with van der Waals surface area (Å²) in [5.74, 6) is -1.62. The summed E-state index contributed by atoms with van der Waals surface area (Å²) in [5, 5.41) is 2.40. The lowest BCUT2D eigenvalue weighted by molar-refractivity contribution is -0.112. The lowest BCUT2D eigenvalue weighted by Crippen LogP contribution is -2.39. The zero-order valence-corrected chi connectivity index (χ0v) is 15.5. The molecule has 0 aliphatic carbocycles. The van der Waals surface area contributed by atoms with Crippen molar-refractivity contribution >= 4 is 27.4 Å². The molecule has 0 radical (unpaired) electrons. The highest BCUT2D eigenvalue weighted by atomic mass is 32.2. The number of hydrogen-bond donors (Lipinski definition) is 1. The highest BCUT2D eigenvalue weighted by molar-refractivity contribution is 7.89. The van der Waals surface area contributed by atoms with Crippen molar-refractivity contribution < 1.29 is 27.1 Å². The maximum Gasteiger partial charge on any atom is 0.296 e. The maximum atomic E-state index is 13.3. The zero-order valence-electron chi connectivity index (χ0n) is 14.7. The first kappa shape index (κ1) is 18.6. The molecular weight excluding hydrogens is 387 g/mol. The average molecular weight is 404 g/mol. The molecule has 1 unspecified atom stereocenters. The van der Waals surface area contributed by atoms with E-state index in [1.54, 1.807) is 6.07 Å². The number of ketones is 1. The molecule has 1 fully saturated rings. The van der Waals surface area contributed by atoms with Gasteiger partial charge in [-0.1, -0.05) is 6.07 Å². The van der Waals surface area contributed by atoms with Gasteiger partial charge < -0.3 is 10.1 Å². The third-order valence-electron chi connectivity index (χ3n) is 4.86. The lowest BCUT2D eigenvalue weighted by atomic mass is 10.1. The number of nitrogens with one attached hydrogen (secondary N) is 1. The third-order valence-corrected chi connectivity index (χ3v) is 6.81. The molecule has 1 saturated heterocycles. The number of Topliss-reactive ketones (excluding diaryl/α,β-unsaturated/α-hetero) is 1. The Morgan fingerprint density at radius 2 is 2.00 bits per heavy atom. The van der Waals surface area contributed by atoms with Crippen LogP contribution in [0.2, 0.25) is 0 Å². The predicted molar refractivity (Wildman–Crippen MR) is 98.2 cm³/mol. The van der Waals surface area contributed by atoms with Gasteiger partial charge in [0.1, 0.15) is 18.2 Å². The summed E-state index contributed by atoms with van der Waals surface area (Å²) in [6.45, 7) is 0.411. The van der Waals surface area contributed by atoms with E-state index in [1.807, 2.05) is 0 Å². The van der Waals surface area contributed by atoms with E-state index in [0.717, 1.165) is 0 Å². The molecule has 2 aliphatic rings. The first-order valence-electron chi connectivity index (χ1n) is 8.76. The van der Waals surface area contributed by atoms with Gasteiger partial charge in [0.2, 0.25) is 10.0 Å². The van der Waals surface area contributed by atoms with Gasteiger partial charge in [-0.25, -0.2) is 12.8 Å². The molecule has 0 aromatic heterocycles. The fourth-order valence-corrected chi connectivity index (χ4v) is 5.16. The van der Waals surface area contributed by atoms with Gasteiger partial charge >= 0.3 is 0 Å². The van der Waals surface area contributed by atoms with E-state index in [-0.39, 0.29) is 17.1 Å². The SMILES string of the molecule is O=C1Nc2ccc(S(=O)(=O)N3CCCC3COc3cccc(F)c3)cc2C1=O. The first-order chi connectivity index (χ1) is 13.4. The van der Waals surface area contributed by atoms with Gasteiger partial charge in [-0.3, -0.25) is 9.59 Å². The molecule has 1 atom stereocenters. The second kappa shape index (κ2) is 6.99.